The number of aromatic nitrogens is 1. The van der Waals surface area contributed by atoms with Crippen LogP contribution in [0.2, 0.25) is 5.02 Å². The van der Waals surface area contributed by atoms with Gasteiger partial charge in [0, 0.05) is 6.20 Å². The lowest BCUT2D eigenvalue weighted by Gasteiger charge is -2.15. The van der Waals surface area contributed by atoms with Crippen molar-refractivity contribution in [2.45, 2.75) is 32.3 Å². The molecule has 0 aromatic carbocycles. The Morgan fingerprint density at radius 2 is 2.17 bits per heavy atom. The van der Waals surface area contributed by atoms with Crippen molar-refractivity contribution in [3.8, 4) is 5.75 Å². The Kier molecular flexibility index (Phi) is 4.45. The van der Waals surface area contributed by atoms with Gasteiger partial charge in [-0.25, -0.2) is 4.79 Å². The minimum atomic E-state index is -3.08. The third kappa shape index (κ3) is 2.96. The quantitative estimate of drug-likeness (QED) is 0.767. The predicted octanol–water partition coefficient (Wildman–Crippen LogP) is 3.61. The lowest BCUT2D eigenvalue weighted by atomic mass is 10.1. The second-order valence-corrected chi connectivity index (χ2v) is 5.81. The lowest BCUT2D eigenvalue weighted by molar-refractivity contribution is -0.0490. The van der Waals surface area contributed by atoms with E-state index in [9.17, 15) is 18.4 Å². The number of pyridine rings is 2. The fourth-order valence-electron chi connectivity index (χ4n) is 2.63. The molecule has 5 nitrogen and oxygen atoms in total. The van der Waals surface area contributed by atoms with Crippen LogP contribution in [0.4, 0.5) is 8.78 Å². The standard InChI is InChI=1S/C16H14ClF2NO4/c1-2-23-15(22)10-7-9(8-3-4-8)12-13(24-16(18)19)11(17)5-6-20(12)14(10)21/h5-8,16H,2-4H2,1H3. The molecule has 3 rings (SSSR count). The van der Waals surface area contributed by atoms with Crippen molar-refractivity contribution in [2.24, 2.45) is 0 Å². The summed E-state index contributed by atoms with van der Waals surface area (Å²) in [6, 6.07) is 2.68. The molecule has 0 N–H and O–H groups in total. The molecule has 1 fully saturated rings. The minimum Gasteiger partial charge on any atom is -0.462 e. The molecule has 1 aliphatic carbocycles. The van der Waals surface area contributed by atoms with Crippen LogP contribution >= 0.6 is 11.6 Å². The zero-order valence-electron chi connectivity index (χ0n) is 12.7. The molecular formula is C16H14ClF2NO4. The average Bonchev–Trinajstić information content (AvgIpc) is 3.35. The summed E-state index contributed by atoms with van der Waals surface area (Å²) in [6.07, 6.45) is 3.00. The van der Waals surface area contributed by atoms with E-state index in [1.807, 2.05) is 0 Å². The van der Waals surface area contributed by atoms with E-state index in [2.05, 4.69) is 4.74 Å². The number of carbonyl (C=O) groups excluding carboxylic acids is 1. The molecule has 0 aliphatic heterocycles. The second-order valence-electron chi connectivity index (χ2n) is 5.40. The topological polar surface area (TPSA) is 57.0 Å². The third-order valence-electron chi connectivity index (χ3n) is 3.78. The van der Waals surface area contributed by atoms with E-state index in [4.69, 9.17) is 16.3 Å². The second kappa shape index (κ2) is 6.39. The first kappa shape index (κ1) is 16.7. The van der Waals surface area contributed by atoms with Gasteiger partial charge in [-0.15, -0.1) is 0 Å². The van der Waals surface area contributed by atoms with Gasteiger partial charge in [0.15, 0.2) is 5.75 Å². The van der Waals surface area contributed by atoms with Crippen molar-refractivity contribution in [2.75, 3.05) is 6.61 Å². The molecule has 1 saturated carbocycles. The number of esters is 1. The minimum absolute atomic E-state index is 0.0273. The monoisotopic (exact) mass is 357 g/mol. The number of hydrogen-bond acceptors (Lipinski definition) is 4. The summed E-state index contributed by atoms with van der Waals surface area (Å²) in [5.74, 6) is -0.944. The van der Waals surface area contributed by atoms with Gasteiger partial charge >= 0.3 is 12.6 Å². The number of halogens is 3. The summed E-state index contributed by atoms with van der Waals surface area (Å²) in [5, 5.41) is -0.0273. The SMILES string of the molecule is CCOC(=O)c1cc(C2CC2)c2c(OC(F)F)c(Cl)ccn2c1=O. The fourth-order valence-corrected chi connectivity index (χ4v) is 2.82. The van der Waals surface area contributed by atoms with Crippen LogP contribution in [0.3, 0.4) is 0 Å². The van der Waals surface area contributed by atoms with Crippen LogP contribution in [0.1, 0.15) is 41.6 Å². The molecule has 0 saturated heterocycles. The highest BCUT2D eigenvalue weighted by Gasteiger charge is 2.31. The first-order chi connectivity index (χ1) is 11.4. The number of ether oxygens (including phenoxy) is 2. The van der Waals surface area contributed by atoms with Crippen molar-refractivity contribution in [1.29, 1.82) is 0 Å². The van der Waals surface area contributed by atoms with Crippen LogP contribution in [-0.2, 0) is 4.74 Å². The molecule has 0 amide bonds. The van der Waals surface area contributed by atoms with Crippen molar-refractivity contribution in [1.82, 2.24) is 4.40 Å². The van der Waals surface area contributed by atoms with Gasteiger partial charge < -0.3 is 9.47 Å². The van der Waals surface area contributed by atoms with Crippen LogP contribution in [0.25, 0.3) is 5.52 Å². The number of alkyl halides is 2. The highest BCUT2D eigenvalue weighted by molar-refractivity contribution is 6.32. The smallest absolute Gasteiger partial charge is 0.387 e. The van der Waals surface area contributed by atoms with Gasteiger partial charge in [0.25, 0.3) is 5.56 Å². The fraction of sp³-hybridized carbons (Fsp3) is 0.375. The molecule has 0 unspecified atom stereocenters. The van der Waals surface area contributed by atoms with Crippen LogP contribution in [-0.4, -0.2) is 23.6 Å². The first-order valence-electron chi connectivity index (χ1n) is 7.43. The molecule has 0 spiro atoms. The molecular weight excluding hydrogens is 344 g/mol. The van der Waals surface area contributed by atoms with Crippen molar-refractivity contribution < 1.29 is 23.0 Å². The Morgan fingerprint density at radius 1 is 1.46 bits per heavy atom. The van der Waals surface area contributed by atoms with Crippen molar-refractivity contribution >= 4 is 23.1 Å². The van der Waals surface area contributed by atoms with Gasteiger partial charge in [0.2, 0.25) is 0 Å². The van der Waals surface area contributed by atoms with E-state index in [0.29, 0.717) is 5.56 Å². The number of fused-ring (bicyclic) bond motifs is 1. The molecule has 1 aliphatic rings. The Balaban J connectivity index is 2.32. The van der Waals surface area contributed by atoms with E-state index < -0.39 is 18.1 Å². The van der Waals surface area contributed by atoms with Gasteiger partial charge in [-0.3, -0.25) is 9.20 Å². The maximum Gasteiger partial charge on any atom is 0.387 e. The van der Waals surface area contributed by atoms with Gasteiger partial charge in [-0.1, -0.05) is 11.6 Å². The molecule has 0 atom stereocenters. The summed E-state index contributed by atoms with van der Waals surface area (Å²) in [5.41, 5.74) is -0.0515. The summed E-state index contributed by atoms with van der Waals surface area (Å²) >= 11 is 5.98. The van der Waals surface area contributed by atoms with Gasteiger partial charge in [0.05, 0.1) is 17.1 Å². The molecule has 24 heavy (non-hydrogen) atoms. The van der Waals surface area contributed by atoms with Crippen LogP contribution in [0.15, 0.2) is 23.1 Å². The average molecular weight is 358 g/mol. The van der Waals surface area contributed by atoms with E-state index in [1.165, 1.54) is 18.3 Å². The van der Waals surface area contributed by atoms with E-state index >= 15 is 0 Å². The zero-order chi connectivity index (χ0) is 17.4. The van der Waals surface area contributed by atoms with Crippen molar-refractivity contribution in [3.05, 3.63) is 44.8 Å². The molecule has 2 heterocycles. The Labute approximate surface area is 140 Å². The highest BCUT2D eigenvalue weighted by atomic mass is 35.5. The number of hydrogen-bond donors (Lipinski definition) is 0. The molecule has 2 aromatic heterocycles. The molecule has 0 radical (unpaired) electrons. The number of rotatable bonds is 5. The molecule has 128 valence electrons. The molecule has 8 heteroatoms. The summed E-state index contributed by atoms with van der Waals surface area (Å²) < 4.78 is 36.0. The maximum atomic E-state index is 12.7. The van der Waals surface area contributed by atoms with E-state index in [1.54, 1.807) is 6.92 Å². The van der Waals surface area contributed by atoms with Crippen molar-refractivity contribution in [3.63, 3.8) is 0 Å². The predicted molar refractivity (Wildman–Crippen MR) is 83.2 cm³/mol. The van der Waals surface area contributed by atoms with Gasteiger partial charge in [-0.05, 0) is 43.4 Å². The summed E-state index contributed by atoms with van der Waals surface area (Å²) in [7, 11) is 0. The maximum absolute atomic E-state index is 12.7. The summed E-state index contributed by atoms with van der Waals surface area (Å²) in [4.78, 5) is 24.6. The van der Waals surface area contributed by atoms with Gasteiger partial charge in [-0.2, -0.15) is 8.78 Å². The van der Waals surface area contributed by atoms with E-state index in [0.717, 1.165) is 17.2 Å². The normalized spacial score (nSPS) is 14.2. The zero-order valence-corrected chi connectivity index (χ0v) is 13.5. The van der Waals surface area contributed by atoms with Crippen LogP contribution < -0.4 is 10.3 Å². The Hall–Kier alpha value is -2.15. The van der Waals surface area contributed by atoms with Crippen LogP contribution in [0.5, 0.6) is 5.75 Å². The number of carbonyl (C=O) groups is 1. The largest absolute Gasteiger partial charge is 0.462 e. The highest BCUT2D eigenvalue weighted by Crippen LogP contribution is 2.45. The van der Waals surface area contributed by atoms with Gasteiger partial charge in [0.1, 0.15) is 5.56 Å². The summed E-state index contributed by atoms with van der Waals surface area (Å²) in [6.45, 7) is -1.33. The molecule has 2 aromatic rings. The third-order valence-corrected chi connectivity index (χ3v) is 4.08. The van der Waals surface area contributed by atoms with E-state index in [-0.39, 0.29) is 34.4 Å². The Bertz CT molecular complexity index is 861. The van der Waals surface area contributed by atoms with Crippen LogP contribution in [0, 0.1) is 0 Å². The number of nitrogens with zero attached hydrogens (tertiary/aromatic N) is 1. The Morgan fingerprint density at radius 3 is 2.75 bits per heavy atom. The lowest BCUT2D eigenvalue weighted by Crippen LogP contribution is -2.25. The first-order valence-corrected chi connectivity index (χ1v) is 7.81. The molecule has 0 bridgehead atoms.